The minimum absolute atomic E-state index is 0.0144. The molecule has 0 spiro atoms. The van der Waals surface area contributed by atoms with Crippen molar-refractivity contribution in [2.45, 2.75) is 32.6 Å². The summed E-state index contributed by atoms with van der Waals surface area (Å²) in [5.41, 5.74) is -0.0693. The van der Waals surface area contributed by atoms with Crippen LogP contribution in [0.2, 0.25) is 0 Å². The standard InChI is InChI=1S/C13H20N2O4/c1-8-5-11(19-10(8)7-18-4)15-6-9(2)12(16)14(3)13(15)17/h6,8,10-11H,5,7H2,1-4H3. The molecule has 1 aliphatic heterocycles. The van der Waals surface area contributed by atoms with Gasteiger partial charge < -0.3 is 9.47 Å². The molecule has 0 aliphatic carbocycles. The van der Waals surface area contributed by atoms with Crippen molar-refractivity contribution in [3.05, 3.63) is 32.6 Å². The lowest BCUT2D eigenvalue weighted by Crippen LogP contribution is -2.40. The molecule has 19 heavy (non-hydrogen) atoms. The molecule has 1 aromatic rings. The Morgan fingerprint density at radius 2 is 2.16 bits per heavy atom. The predicted octanol–water partition coefficient (Wildman–Crippen LogP) is 0.425. The molecule has 106 valence electrons. The molecule has 1 aliphatic rings. The summed E-state index contributed by atoms with van der Waals surface area (Å²) in [5.74, 6) is 0.314. The van der Waals surface area contributed by atoms with Crippen LogP contribution in [0.3, 0.4) is 0 Å². The first-order chi connectivity index (χ1) is 8.95. The van der Waals surface area contributed by atoms with Crippen LogP contribution < -0.4 is 11.2 Å². The quantitative estimate of drug-likeness (QED) is 0.797. The molecule has 3 atom stereocenters. The zero-order valence-corrected chi connectivity index (χ0v) is 11.8. The summed E-state index contributed by atoms with van der Waals surface area (Å²) >= 11 is 0. The third kappa shape index (κ3) is 2.50. The lowest BCUT2D eigenvalue weighted by Gasteiger charge is -2.17. The molecule has 0 bridgehead atoms. The minimum atomic E-state index is -0.342. The number of rotatable bonds is 3. The summed E-state index contributed by atoms with van der Waals surface area (Å²) in [5, 5.41) is 0. The van der Waals surface area contributed by atoms with Gasteiger partial charge in [-0.1, -0.05) is 6.92 Å². The van der Waals surface area contributed by atoms with Gasteiger partial charge in [-0.05, 0) is 19.3 Å². The molecule has 0 radical (unpaired) electrons. The van der Waals surface area contributed by atoms with Gasteiger partial charge in [-0.25, -0.2) is 4.79 Å². The first-order valence-electron chi connectivity index (χ1n) is 6.39. The van der Waals surface area contributed by atoms with E-state index >= 15 is 0 Å². The van der Waals surface area contributed by atoms with Crippen molar-refractivity contribution < 1.29 is 9.47 Å². The lowest BCUT2D eigenvalue weighted by molar-refractivity contribution is -0.0409. The second-order valence-electron chi connectivity index (χ2n) is 5.16. The van der Waals surface area contributed by atoms with Crippen LogP contribution in [0.15, 0.2) is 15.8 Å². The molecule has 6 nitrogen and oxygen atoms in total. The maximum absolute atomic E-state index is 12.1. The molecule has 2 heterocycles. The van der Waals surface area contributed by atoms with Crippen LogP contribution in [-0.4, -0.2) is 29.0 Å². The van der Waals surface area contributed by atoms with Crippen LogP contribution in [0.25, 0.3) is 0 Å². The molecule has 0 N–H and O–H groups in total. The Morgan fingerprint density at radius 3 is 2.79 bits per heavy atom. The fourth-order valence-electron chi connectivity index (χ4n) is 2.46. The molecule has 1 saturated heterocycles. The van der Waals surface area contributed by atoms with Crippen LogP contribution in [0.5, 0.6) is 0 Å². The first kappa shape index (κ1) is 14.0. The summed E-state index contributed by atoms with van der Waals surface area (Å²) in [6.45, 7) is 4.28. The fraction of sp³-hybridized carbons (Fsp3) is 0.692. The van der Waals surface area contributed by atoms with Crippen LogP contribution in [0.1, 0.15) is 25.1 Å². The van der Waals surface area contributed by atoms with Gasteiger partial charge in [0, 0.05) is 25.9 Å². The van der Waals surface area contributed by atoms with Crippen molar-refractivity contribution >= 4 is 0 Å². The van der Waals surface area contributed by atoms with Crippen molar-refractivity contribution in [1.29, 1.82) is 0 Å². The molecule has 0 amide bonds. The van der Waals surface area contributed by atoms with E-state index in [1.54, 1.807) is 20.2 Å². The van der Waals surface area contributed by atoms with E-state index in [4.69, 9.17) is 9.47 Å². The van der Waals surface area contributed by atoms with Crippen molar-refractivity contribution in [3.8, 4) is 0 Å². The summed E-state index contributed by atoms with van der Waals surface area (Å²) < 4.78 is 13.6. The highest BCUT2D eigenvalue weighted by Crippen LogP contribution is 2.32. The van der Waals surface area contributed by atoms with Gasteiger partial charge in [-0.15, -0.1) is 0 Å². The average molecular weight is 268 g/mol. The molecule has 1 fully saturated rings. The normalized spacial score (nSPS) is 26.8. The van der Waals surface area contributed by atoms with Gasteiger partial charge in [0.05, 0.1) is 12.7 Å². The largest absolute Gasteiger partial charge is 0.382 e. The highest BCUT2D eigenvalue weighted by Gasteiger charge is 2.34. The van der Waals surface area contributed by atoms with E-state index in [-0.39, 0.29) is 23.6 Å². The molecular formula is C13H20N2O4. The third-order valence-corrected chi connectivity index (χ3v) is 3.66. The van der Waals surface area contributed by atoms with Crippen LogP contribution in [-0.2, 0) is 16.5 Å². The second kappa shape index (κ2) is 5.30. The zero-order chi connectivity index (χ0) is 14.2. The Kier molecular flexibility index (Phi) is 3.91. The molecule has 2 rings (SSSR count). The number of hydrogen-bond acceptors (Lipinski definition) is 4. The lowest BCUT2D eigenvalue weighted by atomic mass is 10.0. The minimum Gasteiger partial charge on any atom is -0.382 e. The van der Waals surface area contributed by atoms with Crippen molar-refractivity contribution in [3.63, 3.8) is 0 Å². The number of methoxy groups -OCH3 is 1. The second-order valence-corrected chi connectivity index (χ2v) is 5.16. The number of hydrogen-bond donors (Lipinski definition) is 0. The highest BCUT2D eigenvalue weighted by molar-refractivity contribution is 5.03. The maximum Gasteiger partial charge on any atom is 0.332 e. The van der Waals surface area contributed by atoms with E-state index in [9.17, 15) is 9.59 Å². The molecule has 1 aromatic heterocycles. The Bertz CT molecular complexity index is 575. The van der Waals surface area contributed by atoms with Gasteiger partial charge in [0.15, 0.2) is 0 Å². The Morgan fingerprint density at radius 1 is 1.47 bits per heavy atom. The predicted molar refractivity (Wildman–Crippen MR) is 70.2 cm³/mol. The summed E-state index contributed by atoms with van der Waals surface area (Å²) in [6.07, 6.45) is 1.98. The van der Waals surface area contributed by atoms with Gasteiger partial charge >= 0.3 is 5.69 Å². The Hall–Kier alpha value is -1.40. The van der Waals surface area contributed by atoms with Crippen molar-refractivity contribution in [2.24, 2.45) is 13.0 Å². The fourth-order valence-corrected chi connectivity index (χ4v) is 2.46. The van der Waals surface area contributed by atoms with Crippen LogP contribution >= 0.6 is 0 Å². The van der Waals surface area contributed by atoms with Gasteiger partial charge in [0.1, 0.15) is 6.23 Å². The van der Waals surface area contributed by atoms with Crippen molar-refractivity contribution in [1.82, 2.24) is 9.13 Å². The van der Waals surface area contributed by atoms with E-state index in [0.29, 0.717) is 18.1 Å². The number of ether oxygens (including phenoxy) is 2. The Balaban J connectivity index is 2.35. The van der Waals surface area contributed by atoms with Crippen molar-refractivity contribution in [2.75, 3.05) is 13.7 Å². The number of aryl methyl sites for hydroxylation is 1. The highest BCUT2D eigenvalue weighted by atomic mass is 16.5. The smallest absolute Gasteiger partial charge is 0.332 e. The molecule has 0 saturated carbocycles. The molecule has 0 aromatic carbocycles. The topological polar surface area (TPSA) is 62.5 Å². The van der Waals surface area contributed by atoms with E-state index < -0.39 is 0 Å². The average Bonchev–Trinajstić information content (AvgIpc) is 2.73. The van der Waals surface area contributed by atoms with Crippen LogP contribution in [0, 0.1) is 12.8 Å². The SMILES string of the molecule is COCC1OC(n2cc(C)c(=O)n(C)c2=O)CC1C. The monoisotopic (exact) mass is 268 g/mol. The van der Waals surface area contributed by atoms with Gasteiger partial charge in [-0.2, -0.15) is 0 Å². The van der Waals surface area contributed by atoms with E-state index in [2.05, 4.69) is 6.92 Å². The van der Waals surface area contributed by atoms with Gasteiger partial charge in [0.2, 0.25) is 0 Å². The van der Waals surface area contributed by atoms with Gasteiger partial charge in [-0.3, -0.25) is 13.9 Å². The summed E-state index contributed by atoms with van der Waals surface area (Å²) in [7, 11) is 3.12. The Labute approximate surface area is 111 Å². The first-order valence-corrected chi connectivity index (χ1v) is 6.39. The zero-order valence-electron chi connectivity index (χ0n) is 11.8. The maximum atomic E-state index is 12.1. The van der Waals surface area contributed by atoms with E-state index in [0.717, 1.165) is 11.0 Å². The van der Waals surface area contributed by atoms with Crippen LogP contribution in [0.4, 0.5) is 0 Å². The number of nitrogens with zero attached hydrogens (tertiary/aromatic N) is 2. The summed E-state index contributed by atoms with van der Waals surface area (Å²) in [4.78, 5) is 23.8. The summed E-state index contributed by atoms with van der Waals surface area (Å²) in [6, 6.07) is 0. The van der Waals surface area contributed by atoms with Gasteiger partial charge in [0.25, 0.3) is 5.56 Å². The van der Waals surface area contributed by atoms with E-state index in [1.807, 2.05) is 0 Å². The molecule has 3 unspecified atom stereocenters. The number of aromatic nitrogens is 2. The third-order valence-electron chi connectivity index (χ3n) is 3.66. The molecular weight excluding hydrogens is 248 g/mol. The molecule has 6 heteroatoms. The van der Waals surface area contributed by atoms with E-state index in [1.165, 1.54) is 11.6 Å².